The number of rotatable bonds is 6. The molecule has 1 aromatic carbocycles. The lowest BCUT2D eigenvalue weighted by Gasteiger charge is -2.10. The van der Waals surface area contributed by atoms with Gasteiger partial charge in [0.2, 0.25) is 5.91 Å². The first-order valence-corrected chi connectivity index (χ1v) is 7.25. The first kappa shape index (κ1) is 14.4. The molecule has 1 heterocycles. The molecule has 0 atom stereocenters. The Kier molecular flexibility index (Phi) is 4.00. The van der Waals surface area contributed by atoms with Gasteiger partial charge in [0.05, 0.1) is 26.3 Å². The van der Waals surface area contributed by atoms with Crippen LogP contribution in [0.5, 0.6) is 11.5 Å². The monoisotopic (exact) mass is 301 g/mol. The molecular formula is C16H19N3O3. The molecule has 0 unspecified atom stereocenters. The van der Waals surface area contributed by atoms with Crippen LogP contribution in [-0.4, -0.2) is 30.3 Å². The van der Waals surface area contributed by atoms with E-state index >= 15 is 0 Å². The summed E-state index contributed by atoms with van der Waals surface area (Å²) in [7, 11) is 3.18. The van der Waals surface area contributed by atoms with Crippen molar-refractivity contribution in [2.45, 2.75) is 25.2 Å². The third-order valence-electron chi connectivity index (χ3n) is 3.71. The van der Waals surface area contributed by atoms with Gasteiger partial charge in [0.15, 0.2) is 0 Å². The van der Waals surface area contributed by atoms with Gasteiger partial charge in [0, 0.05) is 17.5 Å². The van der Waals surface area contributed by atoms with Crippen LogP contribution in [0.15, 0.2) is 24.3 Å². The summed E-state index contributed by atoms with van der Waals surface area (Å²) >= 11 is 0. The summed E-state index contributed by atoms with van der Waals surface area (Å²) in [6, 6.07) is 7.30. The Morgan fingerprint density at radius 2 is 2.14 bits per heavy atom. The molecule has 0 aliphatic heterocycles. The number of benzene rings is 1. The van der Waals surface area contributed by atoms with Gasteiger partial charge in [-0.2, -0.15) is 5.10 Å². The van der Waals surface area contributed by atoms with Crippen molar-refractivity contribution in [3.05, 3.63) is 35.5 Å². The maximum Gasteiger partial charge on any atom is 0.230 e. The molecule has 22 heavy (non-hydrogen) atoms. The SMILES string of the molecule is COc1ccc(OC)c(CC(=O)Nc2cc(C3CC3)n[nH]2)c1. The summed E-state index contributed by atoms with van der Waals surface area (Å²) in [5.74, 6) is 2.42. The van der Waals surface area contributed by atoms with E-state index in [4.69, 9.17) is 9.47 Å². The van der Waals surface area contributed by atoms with Crippen LogP contribution < -0.4 is 14.8 Å². The predicted molar refractivity (Wildman–Crippen MR) is 82.4 cm³/mol. The van der Waals surface area contributed by atoms with Gasteiger partial charge in [-0.3, -0.25) is 9.89 Å². The van der Waals surface area contributed by atoms with Gasteiger partial charge >= 0.3 is 0 Å². The molecule has 6 nitrogen and oxygen atoms in total. The van der Waals surface area contributed by atoms with Crippen LogP contribution in [0.1, 0.15) is 30.0 Å². The highest BCUT2D eigenvalue weighted by Gasteiger charge is 2.26. The zero-order chi connectivity index (χ0) is 15.5. The van der Waals surface area contributed by atoms with Crippen LogP contribution in [0.4, 0.5) is 5.82 Å². The highest BCUT2D eigenvalue weighted by molar-refractivity contribution is 5.91. The maximum absolute atomic E-state index is 12.2. The smallest absolute Gasteiger partial charge is 0.230 e. The van der Waals surface area contributed by atoms with Crippen LogP contribution in [0, 0.1) is 0 Å². The number of ether oxygens (including phenoxy) is 2. The van der Waals surface area contributed by atoms with Crippen LogP contribution in [0.25, 0.3) is 0 Å². The molecule has 1 saturated carbocycles. The van der Waals surface area contributed by atoms with E-state index < -0.39 is 0 Å². The largest absolute Gasteiger partial charge is 0.497 e. The standard InChI is InChI=1S/C16H19N3O3/c1-21-12-5-6-14(22-2)11(7-12)8-16(20)17-15-9-13(18-19-15)10-3-4-10/h5-7,9-10H,3-4,8H2,1-2H3,(H2,17,18,19,20). The second-order valence-electron chi connectivity index (χ2n) is 5.38. The minimum absolute atomic E-state index is 0.127. The maximum atomic E-state index is 12.2. The highest BCUT2D eigenvalue weighted by atomic mass is 16.5. The second kappa shape index (κ2) is 6.09. The molecule has 1 fully saturated rings. The van der Waals surface area contributed by atoms with Gasteiger partial charge in [-0.1, -0.05) is 0 Å². The van der Waals surface area contributed by atoms with Crippen molar-refractivity contribution >= 4 is 11.7 Å². The Balaban J connectivity index is 1.67. The number of hydrogen-bond acceptors (Lipinski definition) is 4. The Labute approximate surface area is 128 Å². The molecular weight excluding hydrogens is 282 g/mol. The third kappa shape index (κ3) is 3.21. The number of anilines is 1. The van der Waals surface area contributed by atoms with E-state index in [1.54, 1.807) is 32.4 Å². The van der Waals surface area contributed by atoms with Crippen molar-refractivity contribution in [1.82, 2.24) is 10.2 Å². The Bertz CT molecular complexity index is 677. The van der Waals surface area contributed by atoms with Crippen LogP contribution in [0.2, 0.25) is 0 Å². The van der Waals surface area contributed by atoms with Crippen LogP contribution >= 0.6 is 0 Å². The summed E-state index contributed by atoms with van der Waals surface area (Å²) in [5, 5.41) is 9.90. The summed E-state index contributed by atoms with van der Waals surface area (Å²) in [4.78, 5) is 12.2. The number of hydrogen-bond donors (Lipinski definition) is 2. The van der Waals surface area contributed by atoms with Crippen molar-refractivity contribution in [3.63, 3.8) is 0 Å². The van der Waals surface area contributed by atoms with E-state index in [0.29, 0.717) is 23.2 Å². The molecule has 6 heteroatoms. The van der Waals surface area contributed by atoms with Crippen molar-refractivity contribution < 1.29 is 14.3 Å². The molecule has 0 spiro atoms. The summed E-state index contributed by atoms with van der Waals surface area (Å²) in [6.07, 6.45) is 2.57. The number of H-pyrrole nitrogens is 1. The molecule has 1 amide bonds. The average Bonchev–Trinajstić information content (AvgIpc) is 3.27. The third-order valence-corrected chi connectivity index (χ3v) is 3.71. The predicted octanol–water partition coefficient (Wildman–Crippen LogP) is 2.49. The number of nitrogens with zero attached hydrogens (tertiary/aromatic N) is 1. The molecule has 0 radical (unpaired) electrons. The van der Waals surface area contributed by atoms with Gasteiger partial charge in [0.25, 0.3) is 0 Å². The molecule has 1 aromatic heterocycles. The average molecular weight is 301 g/mol. The van der Waals surface area contributed by atoms with Gasteiger partial charge in [0.1, 0.15) is 17.3 Å². The lowest BCUT2D eigenvalue weighted by molar-refractivity contribution is -0.115. The first-order valence-electron chi connectivity index (χ1n) is 7.25. The van der Waals surface area contributed by atoms with Crippen molar-refractivity contribution in [2.75, 3.05) is 19.5 Å². The number of carbonyl (C=O) groups is 1. The lowest BCUT2D eigenvalue weighted by atomic mass is 10.1. The zero-order valence-corrected chi connectivity index (χ0v) is 12.7. The van der Waals surface area contributed by atoms with E-state index in [1.165, 1.54) is 12.8 Å². The fourth-order valence-electron chi connectivity index (χ4n) is 2.38. The zero-order valence-electron chi connectivity index (χ0n) is 12.7. The minimum Gasteiger partial charge on any atom is -0.497 e. The summed E-state index contributed by atoms with van der Waals surface area (Å²) < 4.78 is 10.5. The molecule has 1 aliphatic rings. The molecule has 2 aromatic rings. The molecule has 1 aliphatic carbocycles. The molecule has 2 N–H and O–H groups in total. The number of aromatic nitrogens is 2. The highest BCUT2D eigenvalue weighted by Crippen LogP contribution is 2.39. The van der Waals surface area contributed by atoms with Gasteiger partial charge < -0.3 is 14.8 Å². The first-order chi connectivity index (χ1) is 10.7. The Hall–Kier alpha value is -2.50. The van der Waals surface area contributed by atoms with Gasteiger partial charge in [-0.15, -0.1) is 0 Å². The number of nitrogens with one attached hydrogen (secondary N) is 2. The van der Waals surface area contributed by atoms with Crippen LogP contribution in [-0.2, 0) is 11.2 Å². The van der Waals surface area contributed by atoms with Crippen molar-refractivity contribution in [3.8, 4) is 11.5 Å². The molecule has 3 rings (SSSR count). The van der Waals surface area contributed by atoms with Crippen molar-refractivity contribution in [1.29, 1.82) is 0 Å². The fraction of sp³-hybridized carbons (Fsp3) is 0.375. The minimum atomic E-state index is -0.127. The van der Waals surface area contributed by atoms with E-state index in [1.807, 2.05) is 6.07 Å². The quantitative estimate of drug-likeness (QED) is 0.859. The Morgan fingerprint density at radius 1 is 1.32 bits per heavy atom. The van der Waals surface area contributed by atoms with Gasteiger partial charge in [-0.05, 0) is 31.0 Å². The molecule has 0 saturated heterocycles. The molecule has 0 bridgehead atoms. The van der Waals surface area contributed by atoms with Crippen molar-refractivity contribution in [2.24, 2.45) is 0 Å². The Morgan fingerprint density at radius 3 is 2.82 bits per heavy atom. The van der Waals surface area contributed by atoms with E-state index in [-0.39, 0.29) is 12.3 Å². The van der Waals surface area contributed by atoms with E-state index in [9.17, 15) is 4.79 Å². The summed E-state index contributed by atoms with van der Waals surface area (Å²) in [6.45, 7) is 0. The second-order valence-corrected chi connectivity index (χ2v) is 5.38. The van der Waals surface area contributed by atoms with E-state index in [2.05, 4.69) is 15.5 Å². The van der Waals surface area contributed by atoms with Crippen LogP contribution in [0.3, 0.4) is 0 Å². The number of amides is 1. The molecule has 116 valence electrons. The number of carbonyl (C=O) groups excluding carboxylic acids is 1. The number of aromatic amines is 1. The van der Waals surface area contributed by atoms with Gasteiger partial charge in [-0.25, -0.2) is 0 Å². The number of methoxy groups -OCH3 is 2. The normalized spacial score (nSPS) is 13.7. The summed E-state index contributed by atoms with van der Waals surface area (Å²) in [5.41, 5.74) is 1.80. The lowest BCUT2D eigenvalue weighted by Crippen LogP contribution is -2.15. The topological polar surface area (TPSA) is 76.2 Å². The fourth-order valence-corrected chi connectivity index (χ4v) is 2.38. The van der Waals surface area contributed by atoms with E-state index in [0.717, 1.165) is 11.3 Å².